The Kier molecular flexibility index (Phi) is 4.72. The van der Waals surface area contributed by atoms with Crippen molar-refractivity contribution in [3.8, 4) is 0 Å². The van der Waals surface area contributed by atoms with Crippen molar-refractivity contribution in [2.24, 2.45) is 0 Å². The first-order valence-electron chi connectivity index (χ1n) is 9.31. The summed E-state index contributed by atoms with van der Waals surface area (Å²) in [6, 6.07) is 14.4. The molecule has 146 valence electrons. The highest BCUT2D eigenvalue weighted by molar-refractivity contribution is 7.89. The number of carbonyl (C=O) groups excluding carboxylic acids is 1. The number of sulfonamides is 1. The molecule has 1 amide bonds. The average molecular weight is 398 g/mol. The number of piperazine rings is 1. The van der Waals surface area contributed by atoms with Crippen LogP contribution in [0.25, 0.3) is 10.9 Å². The fraction of sp³-hybridized carbons (Fsp3) is 0.286. The van der Waals surface area contributed by atoms with Gasteiger partial charge in [0.2, 0.25) is 10.0 Å². The van der Waals surface area contributed by atoms with Crippen molar-refractivity contribution in [1.29, 1.82) is 0 Å². The van der Waals surface area contributed by atoms with Gasteiger partial charge in [0.05, 0.1) is 4.90 Å². The van der Waals surface area contributed by atoms with Crippen molar-refractivity contribution in [1.82, 2.24) is 14.2 Å². The molecule has 4 rings (SSSR count). The summed E-state index contributed by atoms with van der Waals surface area (Å²) < 4.78 is 26.9. The zero-order valence-electron chi connectivity index (χ0n) is 16.0. The summed E-state index contributed by atoms with van der Waals surface area (Å²) in [5.74, 6) is -0.0926. The molecule has 1 fully saturated rings. The molecule has 0 bridgehead atoms. The smallest absolute Gasteiger partial charge is 0.270 e. The van der Waals surface area contributed by atoms with Crippen LogP contribution in [0.5, 0.6) is 0 Å². The number of aryl methyl sites for hydroxylation is 2. The lowest BCUT2D eigenvalue weighted by Gasteiger charge is -2.33. The first-order valence-corrected chi connectivity index (χ1v) is 10.7. The van der Waals surface area contributed by atoms with Crippen molar-refractivity contribution in [3.05, 3.63) is 65.4 Å². The van der Waals surface area contributed by atoms with Gasteiger partial charge in [0.25, 0.3) is 5.91 Å². The van der Waals surface area contributed by atoms with Gasteiger partial charge in [0, 0.05) is 37.1 Å². The highest BCUT2D eigenvalue weighted by Crippen LogP contribution is 2.23. The molecule has 1 N–H and O–H groups in total. The summed E-state index contributed by atoms with van der Waals surface area (Å²) in [4.78, 5) is 18.1. The number of fused-ring (bicyclic) bond motifs is 1. The van der Waals surface area contributed by atoms with E-state index in [9.17, 15) is 13.2 Å². The summed E-state index contributed by atoms with van der Waals surface area (Å²) in [6.07, 6.45) is 0. The van der Waals surface area contributed by atoms with Crippen LogP contribution in [0.3, 0.4) is 0 Å². The van der Waals surface area contributed by atoms with Crippen LogP contribution in [0.15, 0.2) is 53.4 Å². The molecule has 0 atom stereocenters. The third-order valence-corrected chi connectivity index (χ3v) is 7.14. The molecule has 6 nitrogen and oxygen atoms in total. The first-order chi connectivity index (χ1) is 13.4. The Morgan fingerprint density at radius 1 is 0.964 bits per heavy atom. The van der Waals surface area contributed by atoms with Gasteiger partial charge < -0.3 is 9.88 Å². The molecule has 3 aromatic rings. The number of rotatable bonds is 3. The Morgan fingerprint density at radius 3 is 2.32 bits per heavy atom. The summed E-state index contributed by atoms with van der Waals surface area (Å²) in [5, 5.41) is 1.04. The van der Waals surface area contributed by atoms with E-state index in [1.54, 1.807) is 35.2 Å². The van der Waals surface area contributed by atoms with E-state index in [-0.39, 0.29) is 10.8 Å². The minimum absolute atomic E-state index is 0.0926. The topological polar surface area (TPSA) is 73.5 Å². The third-order valence-electron chi connectivity index (χ3n) is 5.23. The van der Waals surface area contributed by atoms with E-state index < -0.39 is 10.0 Å². The standard InChI is InChI=1S/C21H23N3O3S/c1-15-12-16(2)18-14-20(22-19(18)13-15)21(25)23-8-10-24(11-9-23)28(26,27)17-6-4-3-5-7-17/h3-7,12-14,22H,8-11H2,1-2H3. The lowest BCUT2D eigenvalue weighted by Crippen LogP contribution is -2.50. The van der Waals surface area contributed by atoms with Crippen LogP contribution in [-0.2, 0) is 10.0 Å². The van der Waals surface area contributed by atoms with E-state index in [1.807, 2.05) is 26.0 Å². The molecule has 2 heterocycles. The van der Waals surface area contributed by atoms with E-state index in [1.165, 1.54) is 4.31 Å². The minimum Gasteiger partial charge on any atom is -0.351 e. The molecule has 1 aliphatic rings. The van der Waals surface area contributed by atoms with E-state index >= 15 is 0 Å². The monoisotopic (exact) mass is 397 g/mol. The number of hydrogen-bond donors (Lipinski definition) is 1. The average Bonchev–Trinajstić information content (AvgIpc) is 3.12. The highest BCUT2D eigenvalue weighted by atomic mass is 32.2. The van der Waals surface area contributed by atoms with Crippen LogP contribution < -0.4 is 0 Å². The van der Waals surface area contributed by atoms with E-state index in [0.29, 0.717) is 31.9 Å². The van der Waals surface area contributed by atoms with E-state index in [0.717, 1.165) is 22.0 Å². The van der Waals surface area contributed by atoms with Crippen LogP contribution >= 0.6 is 0 Å². The second kappa shape index (κ2) is 7.07. The number of nitrogens with one attached hydrogen (secondary N) is 1. The normalized spacial score (nSPS) is 15.9. The van der Waals surface area contributed by atoms with Crippen molar-refractivity contribution in [3.63, 3.8) is 0 Å². The van der Waals surface area contributed by atoms with Gasteiger partial charge in [-0.1, -0.05) is 24.3 Å². The molecular weight excluding hydrogens is 374 g/mol. The molecule has 1 saturated heterocycles. The number of benzene rings is 2. The number of aromatic amines is 1. The zero-order chi connectivity index (χ0) is 19.9. The lowest BCUT2D eigenvalue weighted by molar-refractivity contribution is 0.0693. The Labute approximate surface area is 164 Å². The molecule has 0 aliphatic carbocycles. The van der Waals surface area contributed by atoms with Gasteiger partial charge in [0.15, 0.2) is 0 Å². The van der Waals surface area contributed by atoms with Crippen LogP contribution in [0.1, 0.15) is 21.6 Å². The summed E-state index contributed by atoms with van der Waals surface area (Å²) in [7, 11) is -3.52. The maximum atomic E-state index is 12.9. The number of H-pyrrole nitrogens is 1. The maximum Gasteiger partial charge on any atom is 0.270 e. The molecule has 28 heavy (non-hydrogen) atoms. The molecule has 2 aromatic carbocycles. The fourth-order valence-electron chi connectivity index (χ4n) is 3.76. The molecule has 1 aliphatic heterocycles. The zero-order valence-corrected chi connectivity index (χ0v) is 16.8. The maximum absolute atomic E-state index is 12.9. The van der Waals surface area contributed by atoms with Crippen molar-refractivity contribution >= 4 is 26.8 Å². The molecule has 1 aromatic heterocycles. The Morgan fingerprint density at radius 2 is 1.64 bits per heavy atom. The van der Waals surface area contributed by atoms with Crippen LogP contribution in [-0.4, -0.2) is 54.7 Å². The third kappa shape index (κ3) is 3.31. The molecule has 7 heteroatoms. The predicted octanol–water partition coefficient (Wildman–Crippen LogP) is 2.93. The van der Waals surface area contributed by atoms with Crippen molar-refractivity contribution < 1.29 is 13.2 Å². The van der Waals surface area contributed by atoms with Gasteiger partial charge in [-0.25, -0.2) is 8.42 Å². The number of hydrogen-bond acceptors (Lipinski definition) is 3. The molecule has 0 saturated carbocycles. The van der Waals surface area contributed by atoms with Gasteiger partial charge in [-0.15, -0.1) is 0 Å². The van der Waals surface area contributed by atoms with Gasteiger partial charge >= 0.3 is 0 Å². The van der Waals surface area contributed by atoms with Crippen molar-refractivity contribution in [2.75, 3.05) is 26.2 Å². The SMILES string of the molecule is Cc1cc(C)c2cc(C(=O)N3CCN(S(=O)(=O)c4ccccc4)CC3)[nH]c2c1. The minimum atomic E-state index is -3.52. The van der Waals surface area contributed by atoms with E-state index in [4.69, 9.17) is 0 Å². The largest absolute Gasteiger partial charge is 0.351 e. The number of amides is 1. The van der Waals surface area contributed by atoms with Gasteiger partial charge in [-0.3, -0.25) is 4.79 Å². The van der Waals surface area contributed by atoms with Gasteiger partial charge in [-0.05, 0) is 49.2 Å². The second-order valence-corrected chi connectivity index (χ2v) is 9.17. The molecule has 0 spiro atoms. The molecule has 0 radical (unpaired) electrons. The summed E-state index contributed by atoms with van der Waals surface area (Å²) in [6.45, 7) is 5.39. The second-order valence-electron chi connectivity index (χ2n) is 7.24. The highest BCUT2D eigenvalue weighted by Gasteiger charge is 2.30. The number of aromatic nitrogens is 1. The van der Waals surface area contributed by atoms with Crippen molar-refractivity contribution in [2.45, 2.75) is 18.7 Å². The molecule has 0 unspecified atom stereocenters. The summed E-state index contributed by atoms with van der Waals surface area (Å²) in [5.41, 5.74) is 3.77. The predicted molar refractivity (Wildman–Crippen MR) is 109 cm³/mol. The van der Waals surface area contributed by atoms with Crippen LogP contribution in [0, 0.1) is 13.8 Å². The van der Waals surface area contributed by atoms with Gasteiger partial charge in [0.1, 0.15) is 5.69 Å². The Balaban J connectivity index is 1.49. The number of nitrogens with zero attached hydrogens (tertiary/aromatic N) is 2. The Bertz CT molecular complexity index is 1130. The Hall–Kier alpha value is -2.64. The lowest BCUT2D eigenvalue weighted by atomic mass is 10.1. The fourth-order valence-corrected chi connectivity index (χ4v) is 5.20. The summed E-state index contributed by atoms with van der Waals surface area (Å²) >= 11 is 0. The first kappa shape index (κ1) is 18.7. The molecular formula is C21H23N3O3S. The number of carbonyl (C=O) groups is 1. The van der Waals surface area contributed by atoms with Crippen LogP contribution in [0.4, 0.5) is 0 Å². The van der Waals surface area contributed by atoms with E-state index in [2.05, 4.69) is 11.1 Å². The van der Waals surface area contributed by atoms with Gasteiger partial charge in [-0.2, -0.15) is 4.31 Å². The quantitative estimate of drug-likeness (QED) is 0.738. The van der Waals surface area contributed by atoms with Crippen LogP contribution in [0.2, 0.25) is 0 Å².